The summed E-state index contributed by atoms with van der Waals surface area (Å²) in [5, 5.41) is 1.29. The Labute approximate surface area is 131 Å². The Morgan fingerprint density at radius 2 is 1.14 bits per heavy atom. The summed E-state index contributed by atoms with van der Waals surface area (Å²) in [7, 11) is 0.0478. The summed E-state index contributed by atoms with van der Waals surface area (Å²) >= 11 is 0. The summed E-state index contributed by atoms with van der Waals surface area (Å²) in [6, 6.07) is 14.3. The SMILES string of the molecule is COc1ccc(P(=O)(OC(C)C)c2ccc(OC)cc2)cc1. The Hall–Kier alpha value is -1.77. The Kier molecular flexibility index (Phi) is 5.28. The minimum absolute atomic E-state index is 0.157. The van der Waals surface area contributed by atoms with E-state index in [4.69, 9.17) is 14.0 Å². The van der Waals surface area contributed by atoms with Crippen LogP contribution in [0.1, 0.15) is 13.8 Å². The second-order valence-electron chi connectivity index (χ2n) is 5.10. The maximum absolute atomic E-state index is 13.5. The smallest absolute Gasteiger partial charge is 0.261 e. The van der Waals surface area contributed by atoms with Crippen LogP contribution in [0, 0.1) is 0 Å². The van der Waals surface area contributed by atoms with E-state index in [1.807, 2.05) is 13.8 Å². The van der Waals surface area contributed by atoms with Crippen LogP contribution in [0.15, 0.2) is 48.5 Å². The van der Waals surface area contributed by atoms with Crippen LogP contribution in [0.5, 0.6) is 11.5 Å². The van der Waals surface area contributed by atoms with E-state index in [1.54, 1.807) is 62.8 Å². The molecular weight excluding hydrogens is 299 g/mol. The van der Waals surface area contributed by atoms with Crippen LogP contribution in [0.4, 0.5) is 0 Å². The molecule has 5 heteroatoms. The van der Waals surface area contributed by atoms with E-state index in [2.05, 4.69) is 0 Å². The van der Waals surface area contributed by atoms with E-state index in [1.165, 1.54) is 0 Å². The molecule has 0 unspecified atom stereocenters. The summed E-state index contributed by atoms with van der Waals surface area (Å²) < 4.78 is 29.7. The van der Waals surface area contributed by atoms with E-state index in [-0.39, 0.29) is 6.10 Å². The number of hydrogen-bond donors (Lipinski definition) is 0. The van der Waals surface area contributed by atoms with E-state index < -0.39 is 7.37 Å². The highest BCUT2D eigenvalue weighted by molar-refractivity contribution is 7.74. The molecular formula is C17H21O4P. The summed E-state index contributed by atoms with van der Waals surface area (Å²) in [6.07, 6.45) is -0.157. The van der Waals surface area contributed by atoms with Gasteiger partial charge in [-0.15, -0.1) is 0 Å². The van der Waals surface area contributed by atoms with Crippen molar-refractivity contribution in [3.8, 4) is 11.5 Å². The molecule has 0 bridgehead atoms. The average molecular weight is 320 g/mol. The number of hydrogen-bond acceptors (Lipinski definition) is 4. The van der Waals surface area contributed by atoms with Crippen molar-refractivity contribution in [3.05, 3.63) is 48.5 Å². The topological polar surface area (TPSA) is 44.8 Å². The van der Waals surface area contributed by atoms with Gasteiger partial charge >= 0.3 is 0 Å². The molecule has 0 aliphatic heterocycles. The van der Waals surface area contributed by atoms with Crippen LogP contribution >= 0.6 is 7.37 Å². The number of benzene rings is 2. The third-order valence-electron chi connectivity index (χ3n) is 3.18. The molecule has 22 heavy (non-hydrogen) atoms. The van der Waals surface area contributed by atoms with Crippen LogP contribution in [-0.2, 0) is 9.09 Å². The van der Waals surface area contributed by atoms with Gasteiger partial charge in [-0.2, -0.15) is 0 Å². The average Bonchev–Trinajstić information content (AvgIpc) is 2.54. The normalized spacial score (nSPS) is 11.5. The first kappa shape index (κ1) is 16.6. The van der Waals surface area contributed by atoms with Gasteiger partial charge < -0.3 is 14.0 Å². The minimum atomic E-state index is -3.15. The van der Waals surface area contributed by atoms with Gasteiger partial charge in [-0.1, -0.05) is 0 Å². The highest BCUT2D eigenvalue weighted by Crippen LogP contribution is 2.46. The highest BCUT2D eigenvalue weighted by Gasteiger charge is 2.30. The molecule has 0 heterocycles. The van der Waals surface area contributed by atoms with Gasteiger partial charge in [-0.05, 0) is 62.4 Å². The summed E-state index contributed by atoms with van der Waals surface area (Å²) in [5.74, 6) is 1.43. The van der Waals surface area contributed by atoms with Gasteiger partial charge in [0.2, 0.25) is 0 Å². The molecule has 0 saturated carbocycles. The van der Waals surface area contributed by atoms with Gasteiger partial charge in [-0.3, -0.25) is 4.57 Å². The molecule has 2 aromatic rings. The van der Waals surface area contributed by atoms with E-state index in [9.17, 15) is 4.57 Å². The van der Waals surface area contributed by atoms with Crippen LogP contribution in [0.3, 0.4) is 0 Å². The number of ether oxygens (including phenoxy) is 2. The quantitative estimate of drug-likeness (QED) is 0.766. The molecule has 0 fully saturated rings. The maximum Gasteiger partial charge on any atom is 0.261 e. The zero-order chi connectivity index (χ0) is 16.2. The fraction of sp³-hybridized carbons (Fsp3) is 0.294. The van der Waals surface area contributed by atoms with Crippen LogP contribution in [-0.4, -0.2) is 20.3 Å². The molecule has 0 amide bonds. The lowest BCUT2D eigenvalue weighted by Crippen LogP contribution is -2.20. The van der Waals surface area contributed by atoms with Gasteiger partial charge in [0.05, 0.1) is 20.3 Å². The molecule has 4 nitrogen and oxygen atoms in total. The van der Waals surface area contributed by atoms with Crippen LogP contribution in [0.2, 0.25) is 0 Å². The summed E-state index contributed by atoms with van der Waals surface area (Å²) in [4.78, 5) is 0. The lowest BCUT2D eigenvalue weighted by molar-refractivity contribution is 0.254. The predicted octanol–water partition coefficient (Wildman–Crippen LogP) is 3.36. The molecule has 0 N–H and O–H groups in total. The fourth-order valence-corrected chi connectivity index (χ4v) is 4.34. The highest BCUT2D eigenvalue weighted by atomic mass is 31.2. The Bertz CT molecular complexity index is 596. The summed E-state index contributed by atoms with van der Waals surface area (Å²) in [6.45, 7) is 3.75. The van der Waals surface area contributed by atoms with Crippen molar-refractivity contribution in [2.24, 2.45) is 0 Å². The van der Waals surface area contributed by atoms with Gasteiger partial charge in [0.15, 0.2) is 0 Å². The Balaban J connectivity index is 2.47. The molecule has 0 radical (unpaired) electrons. The van der Waals surface area contributed by atoms with Crippen molar-refractivity contribution < 1.29 is 18.6 Å². The predicted molar refractivity (Wildman–Crippen MR) is 89.1 cm³/mol. The first-order valence-electron chi connectivity index (χ1n) is 7.07. The Morgan fingerprint density at radius 3 is 1.41 bits per heavy atom. The third-order valence-corrected chi connectivity index (χ3v) is 5.86. The zero-order valence-corrected chi connectivity index (χ0v) is 14.2. The van der Waals surface area contributed by atoms with Crippen molar-refractivity contribution >= 4 is 18.0 Å². The van der Waals surface area contributed by atoms with E-state index in [0.29, 0.717) is 10.6 Å². The van der Waals surface area contributed by atoms with E-state index in [0.717, 1.165) is 11.5 Å². The van der Waals surface area contributed by atoms with Crippen molar-refractivity contribution in [2.75, 3.05) is 14.2 Å². The molecule has 0 saturated heterocycles. The molecule has 0 aliphatic rings. The monoisotopic (exact) mass is 320 g/mol. The van der Waals surface area contributed by atoms with Gasteiger partial charge in [-0.25, -0.2) is 0 Å². The standard InChI is InChI=1S/C17H21O4P/c1-13(2)21-22(18,16-9-5-14(19-3)6-10-16)17-11-7-15(20-4)8-12-17/h5-13H,1-4H3. The fourth-order valence-electron chi connectivity index (χ4n) is 2.12. The maximum atomic E-state index is 13.5. The number of rotatable bonds is 6. The zero-order valence-electron chi connectivity index (χ0n) is 13.3. The first-order valence-corrected chi connectivity index (χ1v) is 8.69. The third kappa shape index (κ3) is 3.52. The summed E-state index contributed by atoms with van der Waals surface area (Å²) in [5.41, 5.74) is 0. The number of methoxy groups -OCH3 is 2. The molecule has 118 valence electrons. The van der Waals surface area contributed by atoms with Crippen LogP contribution in [0.25, 0.3) is 0 Å². The van der Waals surface area contributed by atoms with E-state index >= 15 is 0 Å². The van der Waals surface area contributed by atoms with Crippen molar-refractivity contribution in [2.45, 2.75) is 20.0 Å². The molecule has 0 atom stereocenters. The molecule has 2 aromatic carbocycles. The van der Waals surface area contributed by atoms with Crippen LogP contribution < -0.4 is 20.1 Å². The minimum Gasteiger partial charge on any atom is -0.497 e. The molecule has 0 aromatic heterocycles. The van der Waals surface area contributed by atoms with Crippen molar-refractivity contribution in [1.82, 2.24) is 0 Å². The lowest BCUT2D eigenvalue weighted by atomic mass is 10.3. The second-order valence-corrected chi connectivity index (χ2v) is 7.45. The van der Waals surface area contributed by atoms with Crippen molar-refractivity contribution in [3.63, 3.8) is 0 Å². The largest absolute Gasteiger partial charge is 0.497 e. The first-order chi connectivity index (χ1) is 10.5. The van der Waals surface area contributed by atoms with Gasteiger partial charge in [0, 0.05) is 10.6 Å². The van der Waals surface area contributed by atoms with Crippen molar-refractivity contribution in [1.29, 1.82) is 0 Å². The molecule has 0 spiro atoms. The molecule has 2 rings (SSSR count). The second kappa shape index (κ2) is 6.99. The Morgan fingerprint density at radius 1 is 0.773 bits per heavy atom. The molecule has 0 aliphatic carbocycles. The van der Waals surface area contributed by atoms with Gasteiger partial charge in [0.25, 0.3) is 7.37 Å². The lowest BCUT2D eigenvalue weighted by Gasteiger charge is -2.22. The van der Waals surface area contributed by atoms with Gasteiger partial charge in [0.1, 0.15) is 11.5 Å².